The fraction of sp³-hybridized carbons (Fsp3) is 0.316. The van der Waals surface area contributed by atoms with Crippen LogP contribution in [0.2, 0.25) is 5.02 Å². The van der Waals surface area contributed by atoms with Gasteiger partial charge >= 0.3 is 6.03 Å². The molecule has 25 heavy (non-hydrogen) atoms. The molecule has 0 aromatic heterocycles. The Morgan fingerprint density at radius 1 is 1.04 bits per heavy atom. The zero-order valence-corrected chi connectivity index (χ0v) is 15.3. The molecule has 132 valence electrons. The van der Waals surface area contributed by atoms with Crippen LogP contribution in [-0.4, -0.2) is 51.2 Å². The molecule has 1 aliphatic rings. The van der Waals surface area contributed by atoms with Crippen LogP contribution in [-0.2, 0) is 0 Å². The van der Waals surface area contributed by atoms with Gasteiger partial charge < -0.3 is 20.0 Å². The standard InChI is InChI=1S/C19H23ClN4O/c1-22(2)18-9-4-3-8-17(18)21-19(25)24-12-10-23(11-13-24)16-7-5-6-15(20)14-16/h3-9,14H,10-13H2,1-2H3,(H,21,25). The number of benzene rings is 2. The van der Waals surface area contributed by atoms with E-state index in [1.54, 1.807) is 0 Å². The lowest BCUT2D eigenvalue weighted by Crippen LogP contribution is -2.50. The summed E-state index contributed by atoms with van der Waals surface area (Å²) in [6, 6.07) is 15.6. The van der Waals surface area contributed by atoms with Gasteiger partial charge in [0.15, 0.2) is 0 Å². The van der Waals surface area contributed by atoms with Gasteiger partial charge in [-0.25, -0.2) is 4.79 Å². The zero-order valence-electron chi connectivity index (χ0n) is 14.6. The maximum Gasteiger partial charge on any atom is 0.322 e. The van der Waals surface area contributed by atoms with Gasteiger partial charge in [-0.05, 0) is 30.3 Å². The summed E-state index contributed by atoms with van der Waals surface area (Å²) in [6.45, 7) is 2.96. The van der Waals surface area contributed by atoms with Gasteiger partial charge in [0.05, 0.1) is 11.4 Å². The molecule has 0 saturated carbocycles. The topological polar surface area (TPSA) is 38.8 Å². The summed E-state index contributed by atoms with van der Waals surface area (Å²) in [7, 11) is 3.93. The molecule has 1 N–H and O–H groups in total. The minimum absolute atomic E-state index is 0.0555. The van der Waals surface area contributed by atoms with Crippen molar-refractivity contribution in [1.29, 1.82) is 0 Å². The second-order valence-electron chi connectivity index (χ2n) is 6.30. The molecular formula is C19H23ClN4O. The van der Waals surface area contributed by atoms with Crippen molar-refractivity contribution >= 4 is 34.7 Å². The Kier molecular flexibility index (Phi) is 5.34. The molecule has 3 rings (SSSR count). The predicted molar refractivity (Wildman–Crippen MR) is 105 cm³/mol. The highest BCUT2D eigenvalue weighted by Gasteiger charge is 2.22. The largest absolute Gasteiger partial charge is 0.376 e. The van der Waals surface area contributed by atoms with Crippen molar-refractivity contribution in [3.05, 3.63) is 53.6 Å². The summed E-state index contributed by atoms with van der Waals surface area (Å²) >= 11 is 6.07. The number of urea groups is 1. The zero-order chi connectivity index (χ0) is 17.8. The van der Waals surface area contributed by atoms with E-state index in [1.807, 2.05) is 66.4 Å². The molecule has 0 aliphatic carbocycles. The van der Waals surface area contributed by atoms with Gasteiger partial charge in [-0.2, -0.15) is 0 Å². The molecular weight excluding hydrogens is 336 g/mol. The average Bonchev–Trinajstić information content (AvgIpc) is 2.62. The molecule has 5 nitrogen and oxygen atoms in total. The van der Waals surface area contributed by atoms with Gasteiger partial charge in [-0.3, -0.25) is 0 Å². The third-order valence-corrected chi connectivity index (χ3v) is 4.60. The molecule has 0 spiro atoms. The number of anilines is 3. The summed E-state index contributed by atoms with van der Waals surface area (Å²) in [5.41, 5.74) is 2.92. The number of amides is 2. The van der Waals surface area contributed by atoms with Crippen LogP contribution < -0.4 is 15.1 Å². The van der Waals surface area contributed by atoms with E-state index in [0.29, 0.717) is 13.1 Å². The summed E-state index contributed by atoms with van der Waals surface area (Å²) in [5, 5.41) is 3.77. The second-order valence-corrected chi connectivity index (χ2v) is 6.73. The van der Waals surface area contributed by atoms with Crippen molar-refractivity contribution in [3.63, 3.8) is 0 Å². The highest BCUT2D eigenvalue weighted by atomic mass is 35.5. The Bertz CT molecular complexity index is 742. The van der Waals surface area contributed by atoms with E-state index in [9.17, 15) is 4.79 Å². The lowest BCUT2D eigenvalue weighted by Gasteiger charge is -2.36. The summed E-state index contributed by atoms with van der Waals surface area (Å²) in [4.78, 5) is 18.7. The smallest absolute Gasteiger partial charge is 0.322 e. The van der Waals surface area contributed by atoms with Crippen LogP contribution >= 0.6 is 11.6 Å². The van der Waals surface area contributed by atoms with Crippen LogP contribution in [0.4, 0.5) is 21.9 Å². The molecule has 0 unspecified atom stereocenters. The Morgan fingerprint density at radius 3 is 2.44 bits per heavy atom. The van der Waals surface area contributed by atoms with Crippen LogP contribution in [0.1, 0.15) is 0 Å². The maximum atomic E-state index is 12.6. The highest BCUT2D eigenvalue weighted by molar-refractivity contribution is 6.30. The highest BCUT2D eigenvalue weighted by Crippen LogP contribution is 2.24. The van der Waals surface area contributed by atoms with Crippen LogP contribution in [0.25, 0.3) is 0 Å². The van der Waals surface area contributed by atoms with Crippen molar-refractivity contribution in [2.24, 2.45) is 0 Å². The number of rotatable bonds is 3. The minimum atomic E-state index is -0.0555. The molecule has 2 amide bonds. The van der Waals surface area contributed by atoms with E-state index in [2.05, 4.69) is 16.3 Å². The Balaban J connectivity index is 1.61. The summed E-state index contributed by atoms with van der Waals surface area (Å²) in [6.07, 6.45) is 0. The third kappa shape index (κ3) is 4.17. The molecule has 1 aliphatic heterocycles. The fourth-order valence-electron chi connectivity index (χ4n) is 3.00. The van der Waals surface area contributed by atoms with Gasteiger partial charge in [-0.1, -0.05) is 29.8 Å². The summed E-state index contributed by atoms with van der Waals surface area (Å²) in [5.74, 6) is 0. The van der Waals surface area contributed by atoms with Crippen LogP contribution in [0.3, 0.4) is 0 Å². The molecule has 6 heteroatoms. The average molecular weight is 359 g/mol. The van der Waals surface area contributed by atoms with Gasteiger partial charge in [0.1, 0.15) is 0 Å². The fourth-order valence-corrected chi connectivity index (χ4v) is 3.19. The first-order valence-electron chi connectivity index (χ1n) is 8.37. The molecule has 0 bridgehead atoms. The number of halogens is 1. The molecule has 0 radical (unpaired) electrons. The quantitative estimate of drug-likeness (QED) is 0.908. The SMILES string of the molecule is CN(C)c1ccccc1NC(=O)N1CCN(c2cccc(Cl)c2)CC1. The van der Waals surface area contributed by atoms with Crippen molar-refractivity contribution in [3.8, 4) is 0 Å². The van der Waals surface area contributed by atoms with Gasteiger partial charge in [0.25, 0.3) is 0 Å². The molecule has 1 saturated heterocycles. The normalized spacial score (nSPS) is 14.4. The molecule has 0 atom stereocenters. The number of para-hydroxylation sites is 2. The number of nitrogens with zero attached hydrogens (tertiary/aromatic N) is 3. The number of carbonyl (C=O) groups is 1. The molecule has 1 heterocycles. The number of piperazine rings is 1. The van der Waals surface area contributed by atoms with Crippen molar-refractivity contribution in [1.82, 2.24) is 4.90 Å². The van der Waals surface area contributed by atoms with E-state index in [0.717, 1.165) is 35.2 Å². The Morgan fingerprint density at radius 2 is 1.76 bits per heavy atom. The number of hydrogen-bond donors (Lipinski definition) is 1. The Hall–Kier alpha value is -2.40. The monoisotopic (exact) mass is 358 g/mol. The van der Waals surface area contributed by atoms with Crippen molar-refractivity contribution < 1.29 is 4.79 Å². The van der Waals surface area contributed by atoms with Crippen molar-refractivity contribution in [2.45, 2.75) is 0 Å². The van der Waals surface area contributed by atoms with E-state index >= 15 is 0 Å². The first-order chi connectivity index (χ1) is 12.0. The van der Waals surface area contributed by atoms with Crippen LogP contribution in [0, 0.1) is 0 Å². The van der Waals surface area contributed by atoms with Gasteiger partial charge in [0.2, 0.25) is 0 Å². The van der Waals surface area contributed by atoms with E-state index in [1.165, 1.54) is 0 Å². The van der Waals surface area contributed by atoms with Crippen LogP contribution in [0.5, 0.6) is 0 Å². The van der Waals surface area contributed by atoms with E-state index in [-0.39, 0.29) is 6.03 Å². The Labute approximate surface area is 153 Å². The maximum absolute atomic E-state index is 12.6. The predicted octanol–water partition coefficient (Wildman–Crippen LogP) is 3.76. The number of carbonyl (C=O) groups excluding carboxylic acids is 1. The number of nitrogens with one attached hydrogen (secondary N) is 1. The molecule has 1 fully saturated rings. The van der Waals surface area contributed by atoms with Gasteiger partial charge in [-0.15, -0.1) is 0 Å². The van der Waals surface area contributed by atoms with Crippen LogP contribution in [0.15, 0.2) is 48.5 Å². The van der Waals surface area contributed by atoms with Crippen molar-refractivity contribution in [2.75, 3.05) is 55.4 Å². The van der Waals surface area contributed by atoms with E-state index < -0.39 is 0 Å². The summed E-state index contributed by atoms with van der Waals surface area (Å²) < 4.78 is 0. The van der Waals surface area contributed by atoms with E-state index in [4.69, 9.17) is 11.6 Å². The molecule has 2 aromatic carbocycles. The third-order valence-electron chi connectivity index (χ3n) is 4.37. The minimum Gasteiger partial charge on any atom is -0.376 e. The lowest BCUT2D eigenvalue weighted by molar-refractivity contribution is 0.208. The molecule has 2 aromatic rings. The second kappa shape index (κ2) is 7.66. The lowest BCUT2D eigenvalue weighted by atomic mass is 10.2. The van der Waals surface area contributed by atoms with Gasteiger partial charge in [0, 0.05) is 51.0 Å². The first kappa shape index (κ1) is 17.4. The first-order valence-corrected chi connectivity index (χ1v) is 8.75. The number of hydrogen-bond acceptors (Lipinski definition) is 3.